The molecule has 0 aromatic rings. The summed E-state index contributed by atoms with van der Waals surface area (Å²) in [6, 6.07) is 0. The van der Waals surface area contributed by atoms with E-state index in [0.29, 0.717) is 6.61 Å². The molecule has 0 radical (unpaired) electrons. The van der Waals surface area contributed by atoms with Crippen LogP contribution in [-0.4, -0.2) is 37.1 Å². The van der Waals surface area contributed by atoms with Gasteiger partial charge in [0.1, 0.15) is 12.2 Å². The Morgan fingerprint density at radius 1 is 1.23 bits per heavy atom. The van der Waals surface area contributed by atoms with Gasteiger partial charge in [-0.05, 0) is 27.2 Å². The van der Waals surface area contributed by atoms with E-state index in [4.69, 9.17) is 14.2 Å². The summed E-state index contributed by atoms with van der Waals surface area (Å²) in [6.45, 7) is 7.70. The second kappa shape index (κ2) is 3.23. The highest BCUT2D eigenvalue weighted by molar-refractivity contribution is 4.90. The summed E-state index contributed by atoms with van der Waals surface area (Å²) >= 11 is 0. The minimum Gasteiger partial charge on any atom is -0.373 e. The van der Waals surface area contributed by atoms with Crippen molar-refractivity contribution in [3.05, 3.63) is 0 Å². The van der Waals surface area contributed by atoms with E-state index in [1.54, 1.807) is 0 Å². The third-order valence-corrected chi connectivity index (χ3v) is 2.43. The Bertz CT molecular complexity index is 185. The molecule has 0 aromatic carbocycles. The molecule has 1 unspecified atom stereocenters. The highest BCUT2D eigenvalue weighted by Gasteiger charge is 2.43. The molecular weight excluding hydrogens is 168 g/mol. The van der Waals surface area contributed by atoms with Crippen LogP contribution in [0.1, 0.15) is 27.2 Å². The van der Waals surface area contributed by atoms with Crippen LogP contribution >= 0.6 is 0 Å². The molecule has 2 saturated heterocycles. The fourth-order valence-corrected chi connectivity index (χ4v) is 1.99. The maximum atomic E-state index is 5.86. The van der Waals surface area contributed by atoms with Gasteiger partial charge in [0.15, 0.2) is 0 Å². The first kappa shape index (κ1) is 9.44. The number of fused-ring (bicyclic) bond motifs is 1. The molecule has 0 amide bonds. The zero-order valence-electron chi connectivity index (χ0n) is 8.58. The van der Waals surface area contributed by atoms with Crippen LogP contribution in [0, 0.1) is 0 Å². The normalized spacial score (nSPS) is 39.5. The summed E-state index contributed by atoms with van der Waals surface area (Å²) in [7, 11) is 0. The lowest BCUT2D eigenvalue weighted by Gasteiger charge is -2.26. The van der Waals surface area contributed by atoms with E-state index in [9.17, 15) is 0 Å². The van der Waals surface area contributed by atoms with Gasteiger partial charge >= 0.3 is 0 Å². The van der Waals surface area contributed by atoms with Crippen LogP contribution < -0.4 is 0 Å². The monoisotopic (exact) mass is 186 g/mol. The Morgan fingerprint density at radius 3 is 2.69 bits per heavy atom. The number of hydrogen-bond donors (Lipinski definition) is 0. The molecule has 2 fully saturated rings. The molecule has 0 saturated carbocycles. The predicted octanol–water partition coefficient (Wildman–Crippen LogP) is 1.36. The van der Waals surface area contributed by atoms with E-state index in [1.165, 1.54) is 0 Å². The third-order valence-electron chi connectivity index (χ3n) is 2.43. The summed E-state index contributed by atoms with van der Waals surface area (Å²) in [5.74, 6) is 0. The Hall–Kier alpha value is -0.120. The smallest absolute Gasteiger partial charge is 0.112 e. The van der Waals surface area contributed by atoms with E-state index < -0.39 is 0 Å². The van der Waals surface area contributed by atoms with Gasteiger partial charge < -0.3 is 14.2 Å². The van der Waals surface area contributed by atoms with Crippen molar-refractivity contribution in [2.75, 3.05) is 13.2 Å². The van der Waals surface area contributed by atoms with Crippen LogP contribution in [0.25, 0.3) is 0 Å². The second-order valence-corrected chi connectivity index (χ2v) is 4.76. The van der Waals surface area contributed by atoms with Crippen molar-refractivity contribution in [3.63, 3.8) is 0 Å². The Balaban J connectivity index is 1.94. The molecule has 0 spiro atoms. The van der Waals surface area contributed by atoms with Crippen LogP contribution in [0.15, 0.2) is 0 Å². The van der Waals surface area contributed by atoms with Crippen LogP contribution in [0.4, 0.5) is 0 Å². The molecular formula is C10H18O3. The van der Waals surface area contributed by atoms with Crippen LogP contribution in [0.2, 0.25) is 0 Å². The molecule has 2 aliphatic rings. The average Bonchev–Trinajstić information content (AvgIpc) is 2.50. The van der Waals surface area contributed by atoms with Gasteiger partial charge in [-0.1, -0.05) is 0 Å². The molecule has 2 heterocycles. The van der Waals surface area contributed by atoms with Crippen molar-refractivity contribution in [3.8, 4) is 0 Å². The zero-order chi connectivity index (χ0) is 9.47. The summed E-state index contributed by atoms with van der Waals surface area (Å²) in [6.07, 6.45) is 1.62. The lowest BCUT2D eigenvalue weighted by Crippen LogP contribution is -2.36. The van der Waals surface area contributed by atoms with E-state index in [1.807, 2.05) is 0 Å². The average molecular weight is 186 g/mol. The molecule has 3 heteroatoms. The van der Waals surface area contributed by atoms with Crippen LogP contribution in [0.3, 0.4) is 0 Å². The Kier molecular flexibility index (Phi) is 2.34. The largest absolute Gasteiger partial charge is 0.373 e. The number of ether oxygens (including phenoxy) is 3. The van der Waals surface area contributed by atoms with E-state index in [2.05, 4.69) is 20.8 Å². The van der Waals surface area contributed by atoms with Gasteiger partial charge in [-0.2, -0.15) is 0 Å². The molecule has 76 valence electrons. The highest BCUT2D eigenvalue weighted by atomic mass is 16.6. The van der Waals surface area contributed by atoms with Gasteiger partial charge in [-0.3, -0.25) is 0 Å². The molecule has 0 aromatic heterocycles. The summed E-state index contributed by atoms with van der Waals surface area (Å²) in [5, 5.41) is 0. The summed E-state index contributed by atoms with van der Waals surface area (Å²) in [4.78, 5) is 0. The van der Waals surface area contributed by atoms with E-state index in [0.717, 1.165) is 13.0 Å². The summed E-state index contributed by atoms with van der Waals surface area (Å²) in [5.41, 5.74) is -0.102. The molecule has 0 bridgehead atoms. The SMILES string of the molecule is CC(C)(C)O[C@@H]1CO[C@@H]2CCOC21. The van der Waals surface area contributed by atoms with E-state index in [-0.39, 0.29) is 23.9 Å². The molecule has 0 aliphatic carbocycles. The quantitative estimate of drug-likeness (QED) is 0.619. The van der Waals surface area contributed by atoms with Gasteiger partial charge in [0.2, 0.25) is 0 Å². The fourth-order valence-electron chi connectivity index (χ4n) is 1.99. The predicted molar refractivity (Wildman–Crippen MR) is 48.7 cm³/mol. The maximum Gasteiger partial charge on any atom is 0.112 e. The van der Waals surface area contributed by atoms with Crippen LogP contribution in [-0.2, 0) is 14.2 Å². The Labute approximate surface area is 79.4 Å². The first-order valence-corrected chi connectivity index (χ1v) is 4.97. The highest BCUT2D eigenvalue weighted by Crippen LogP contribution is 2.30. The minimum absolute atomic E-state index is 0.102. The molecule has 0 N–H and O–H groups in total. The van der Waals surface area contributed by atoms with Gasteiger partial charge in [0, 0.05) is 6.61 Å². The lowest BCUT2D eigenvalue weighted by atomic mass is 10.1. The number of rotatable bonds is 1. The Morgan fingerprint density at radius 2 is 2.00 bits per heavy atom. The van der Waals surface area contributed by atoms with E-state index >= 15 is 0 Å². The molecule has 3 nitrogen and oxygen atoms in total. The van der Waals surface area contributed by atoms with Gasteiger partial charge in [-0.15, -0.1) is 0 Å². The standard InChI is InChI=1S/C10H18O3/c1-10(2,3)13-8-6-12-7-4-5-11-9(7)8/h7-9H,4-6H2,1-3H3/t7-,8-,9?/m1/s1. The van der Waals surface area contributed by atoms with Crippen molar-refractivity contribution in [1.82, 2.24) is 0 Å². The van der Waals surface area contributed by atoms with Crippen molar-refractivity contribution in [1.29, 1.82) is 0 Å². The van der Waals surface area contributed by atoms with Gasteiger partial charge in [0.05, 0.1) is 18.3 Å². The third kappa shape index (κ3) is 2.03. The minimum atomic E-state index is -0.102. The molecule has 3 atom stereocenters. The second-order valence-electron chi connectivity index (χ2n) is 4.76. The van der Waals surface area contributed by atoms with Crippen LogP contribution in [0.5, 0.6) is 0 Å². The number of hydrogen-bond acceptors (Lipinski definition) is 3. The molecule has 13 heavy (non-hydrogen) atoms. The van der Waals surface area contributed by atoms with Crippen molar-refractivity contribution in [2.45, 2.75) is 51.1 Å². The first-order valence-electron chi connectivity index (χ1n) is 4.97. The zero-order valence-corrected chi connectivity index (χ0v) is 8.58. The van der Waals surface area contributed by atoms with Crippen molar-refractivity contribution < 1.29 is 14.2 Å². The van der Waals surface area contributed by atoms with Crippen molar-refractivity contribution in [2.24, 2.45) is 0 Å². The van der Waals surface area contributed by atoms with Gasteiger partial charge in [0.25, 0.3) is 0 Å². The topological polar surface area (TPSA) is 27.7 Å². The fraction of sp³-hybridized carbons (Fsp3) is 1.00. The maximum absolute atomic E-state index is 5.86. The molecule has 2 rings (SSSR count). The lowest BCUT2D eigenvalue weighted by molar-refractivity contribution is -0.102. The first-order chi connectivity index (χ1) is 6.06. The van der Waals surface area contributed by atoms with Crippen molar-refractivity contribution >= 4 is 0 Å². The summed E-state index contributed by atoms with van der Waals surface area (Å²) < 4.78 is 17.0. The molecule has 2 aliphatic heterocycles. The van der Waals surface area contributed by atoms with Gasteiger partial charge in [-0.25, -0.2) is 0 Å².